The van der Waals surface area contributed by atoms with Crippen LogP contribution in [-0.2, 0) is 18.4 Å². The van der Waals surface area contributed by atoms with Gasteiger partial charge in [-0.05, 0) is 77.0 Å². The molecule has 0 saturated carbocycles. The van der Waals surface area contributed by atoms with Crippen LogP contribution in [0.3, 0.4) is 0 Å². The van der Waals surface area contributed by atoms with Gasteiger partial charge in [0.25, 0.3) is 0 Å². The highest BCUT2D eigenvalue weighted by atomic mass is 28.4. The smallest absolute Gasteiger partial charge is 0.311 e. The predicted molar refractivity (Wildman–Crippen MR) is 158 cm³/mol. The number of hydrogen-bond donors (Lipinski definition) is 1. The summed E-state index contributed by atoms with van der Waals surface area (Å²) in [6.45, 7) is 30.2. The topological polar surface area (TPSA) is 65.0 Å². The van der Waals surface area contributed by atoms with Crippen LogP contribution >= 0.6 is 0 Å². The Labute approximate surface area is 226 Å². The molecule has 214 valence electrons. The molecule has 1 N–H and O–H groups in total. The van der Waals surface area contributed by atoms with Gasteiger partial charge >= 0.3 is 5.97 Å². The van der Waals surface area contributed by atoms with Gasteiger partial charge in [0.1, 0.15) is 0 Å². The summed E-state index contributed by atoms with van der Waals surface area (Å²) in [5, 5.41) is 11.5. The molecule has 4 atom stereocenters. The molecule has 7 heteroatoms. The van der Waals surface area contributed by atoms with E-state index in [1.807, 2.05) is 13.8 Å². The minimum absolute atomic E-state index is 0.160. The average molecular weight is 545 g/mol. The standard InChI is InChI=1S/C29H60O5Si2/c1-15-17-18-19-24(33-36(13,14)28(5,6)7)21-20-22(3)26(34-35(10,11)12)29(8,9)25(30)23(4)27(31)32-16-2/h20,23-26,30H,15-19,21H2,1-14H3/b22-20+/t23-,24+,25+,26+/m0/s1. The van der Waals surface area contributed by atoms with Crippen LogP contribution in [0, 0.1) is 11.3 Å². The Balaban J connectivity index is 6.05. The van der Waals surface area contributed by atoms with Crippen molar-refractivity contribution in [1.29, 1.82) is 0 Å². The second-order valence-electron chi connectivity index (χ2n) is 13.6. The van der Waals surface area contributed by atoms with Crippen molar-refractivity contribution in [3.63, 3.8) is 0 Å². The van der Waals surface area contributed by atoms with Crippen LogP contribution in [0.25, 0.3) is 0 Å². The van der Waals surface area contributed by atoms with Crippen molar-refractivity contribution >= 4 is 22.6 Å². The van der Waals surface area contributed by atoms with Gasteiger partial charge in [0.05, 0.1) is 24.7 Å². The first-order valence-electron chi connectivity index (χ1n) is 14.1. The Kier molecular flexibility index (Phi) is 14.4. The maximum absolute atomic E-state index is 12.4. The zero-order valence-electron chi connectivity index (χ0n) is 26.2. The van der Waals surface area contributed by atoms with Crippen LogP contribution in [0.2, 0.25) is 37.8 Å². The lowest BCUT2D eigenvalue weighted by atomic mass is 9.73. The van der Waals surface area contributed by atoms with Gasteiger partial charge < -0.3 is 18.7 Å². The van der Waals surface area contributed by atoms with Gasteiger partial charge in [-0.1, -0.05) is 66.9 Å². The van der Waals surface area contributed by atoms with Crippen LogP contribution < -0.4 is 0 Å². The molecule has 0 aromatic carbocycles. The molecule has 0 radical (unpaired) electrons. The molecule has 0 aliphatic rings. The summed E-state index contributed by atoms with van der Waals surface area (Å²) < 4.78 is 18.8. The van der Waals surface area contributed by atoms with Crippen molar-refractivity contribution < 1.29 is 23.5 Å². The fourth-order valence-corrected chi connectivity index (χ4v) is 6.85. The number of carbonyl (C=O) groups is 1. The van der Waals surface area contributed by atoms with Crippen LogP contribution in [0.4, 0.5) is 0 Å². The Hall–Kier alpha value is -0.476. The Bertz CT molecular complexity index is 689. The third kappa shape index (κ3) is 11.5. The molecular weight excluding hydrogens is 484 g/mol. The minimum Gasteiger partial charge on any atom is -0.466 e. The highest BCUT2D eigenvalue weighted by Gasteiger charge is 2.45. The van der Waals surface area contributed by atoms with Crippen molar-refractivity contribution in [2.75, 3.05) is 6.61 Å². The first-order chi connectivity index (χ1) is 16.2. The van der Waals surface area contributed by atoms with Gasteiger partial charge in [-0.3, -0.25) is 4.79 Å². The summed E-state index contributed by atoms with van der Waals surface area (Å²) in [6, 6.07) is 0. The third-order valence-electron chi connectivity index (χ3n) is 7.55. The van der Waals surface area contributed by atoms with Gasteiger partial charge in [0.15, 0.2) is 16.6 Å². The molecule has 0 aliphatic carbocycles. The summed E-state index contributed by atoms with van der Waals surface area (Å²) in [5.74, 6) is -1.01. The van der Waals surface area contributed by atoms with Crippen LogP contribution in [0.15, 0.2) is 11.6 Å². The highest BCUT2D eigenvalue weighted by molar-refractivity contribution is 6.74. The maximum atomic E-state index is 12.4. The fraction of sp³-hybridized carbons (Fsp3) is 0.897. The summed E-state index contributed by atoms with van der Waals surface area (Å²) in [5.41, 5.74) is 0.419. The van der Waals surface area contributed by atoms with Gasteiger partial charge in [-0.2, -0.15) is 0 Å². The molecule has 0 fully saturated rings. The quantitative estimate of drug-likeness (QED) is 0.0920. The van der Waals surface area contributed by atoms with Crippen LogP contribution in [-0.4, -0.2) is 52.6 Å². The van der Waals surface area contributed by atoms with E-state index in [0.717, 1.165) is 18.4 Å². The lowest BCUT2D eigenvalue weighted by Gasteiger charge is -2.43. The monoisotopic (exact) mass is 544 g/mol. The molecule has 0 heterocycles. The normalized spacial score (nSPS) is 17.5. The van der Waals surface area contributed by atoms with Gasteiger partial charge in [0, 0.05) is 11.5 Å². The number of aliphatic hydroxyl groups is 1. The molecule has 0 aromatic rings. The molecule has 0 amide bonds. The molecule has 36 heavy (non-hydrogen) atoms. The van der Waals surface area contributed by atoms with E-state index in [1.165, 1.54) is 19.3 Å². The minimum atomic E-state index is -1.95. The van der Waals surface area contributed by atoms with Crippen LogP contribution in [0.5, 0.6) is 0 Å². The maximum Gasteiger partial charge on any atom is 0.311 e. The molecule has 0 bridgehead atoms. The number of unbranched alkanes of at least 4 members (excludes halogenated alkanes) is 2. The van der Waals surface area contributed by atoms with E-state index >= 15 is 0 Å². The van der Waals surface area contributed by atoms with E-state index in [1.54, 1.807) is 13.8 Å². The molecule has 0 saturated heterocycles. The van der Waals surface area contributed by atoms with Gasteiger partial charge in [0.2, 0.25) is 0 Å². The molecule has 0 aromatic heterocycles. The predicted octanol–water partition coefficient (Wildman–Crippen LogP) is 8.10. The van der Waals surface area contributed by atoms with Gasteiger partial charge in [-0.15, -0.1) is 0 Å². The van der Waals surface area contributed by atoms with E-state index < -0.39 is 34.1 Å². The zero-order valence-corrected chi connectivity index (χ0v) is 28.2. The van der Waals surface area contributed by atoms with E-state index in [9.17, 15) is 9.90 Å². The van der Waals surface area contributed by atoms with Crippen LogP contribution in [0.1, 0.15) is 94.4 Å². The molecule has 0 aliphatic heterocycles. The van der Waals surface area contributed by atoms with E-state index in [2.05, 4.69) is 73.4 Å². The summed E-state index contributed by atoms with van der Waals surface area (Å²) in [4.78, 5) is 12.4. The molecule has 5 nitrogen and oxygen atoms in total. The molecular formula is C29H60O5Si2. The number of carbonyl (C=O) groups excluding carboxylic acids is 1. The largest absolute Gasteiger partial charge is 0.466 e. The summed E-state index contributed by atoms with van der Waals surface area (Å²) >= 11 is 0. The summed E-state index contributed by atoms with van der Waals surface area (Å²) in [6.07, 6.45) is 6.68. The number of rotatable bonds is 16. The highest BCUT2D eigenvalue weighted by Crippen LogP contribution is 2.40. The lowest BCUT2D eigenvalue weighted by Crippen LogP contribution is -2.50. The van der Waals surface area contributed by atoms with Crippen molar-refractivity contribution in [2.45, 2.75) is 151 Å². The molecule has 0 spiro atoms. The van der Waals surface area contributed by atoms with Crippen molar-refractivity contribution in [2.24, 2.45) is 11.3 Å². The number of hydrogen-bond acceptors (Lipinski definition) is 5. The number of aliphatic hydroxyl groups excluding tert-OH is 1. The van der Waals surface area contributed by atoms with Crippen molar-refractivity contribution in [1.82, 2.24) is 0 Å². The van der Waals surface area contributed by atoms with Crippen molar-refractivity contribution in [3.8, 4) is 0 Å². The Morgan fingerprint density at radius 2 is 1.53 bits per heavy atom. The average Bonchev–Trinajstić information content (AvgIpc) is 2.73. The second-order valence-corrected chi connectivity index (χ2v) is 22.8. The zero-order chi connectivity index (χ0) is 28.5. The van der Waals surface area contributed by atoms with E-state index in [4.69, 9.17) is 13.6 Å². The Morgan fingerprint density at radius 3 is 1.97 bits per heavy atom. The van der Waals surface area contributed by atoms with Gasteiger partial charge in [-0.25, -0.2) is 0 Å². The molecule has 0 rings (SSSR count). The van der Waals surface area contributed by atoms with E-state index in [-0.39, 0.29) is 23.2 Å². The SMILES string of the molecule is CCCCC[C@H](C/C=C(\C)[C@@H](O[Si](C)(C)C)C(C)(C)[C@H](O)[C@H](C)C(=O)OCC)O[Si](C)(C)C(C)(C)C. The second kappa shape index (κ2) is 14.6. The number of esters is 1. The molecule has 0 unspecified atom stereocenters. The van der Waals surface area contributed by atoms with E-state index in [0.29, 0.717) is 6.61 Å². The summed E-state index contributed by atoms with van der Waals surface area (Å²) in [7, 11) is -3.85. The first kappa shape index (κ1) is 35.5. The third-order valence-corrected chi connectivity index (χ3v) is 13.0. The van der Waals surface area contributed by atoms with Crippen molar-refractivity contribution in [3.05, 3.63) is 11.6 Å². The number of ether oxygens (including phenoxy) is 1. The first-order valence-corrected chi connectivity index (χ1v) is 20.4. The Morgan fingerprint density at radius 1 is 0.972 bits per heavy atom. The fourth-order valence-electron chi connectivity index (χ4n) is 4.25. The lowest BCUT2D eigenvalue weighted by molar-refractivity contribution is -0.156.